The van der Waals surface area contributed by atoms with Crippen molar-refractivity contribution in [2.24, 2.45) is 5.73 Å². The van der Waals surface area contributed by atoms with Gasteiger partial charge in [-0.25, -0.2) is 0 Å². The highest BCUT2D eigenvalue weighted by Crippen LogP contribution is 2.13. The van der Waals surface area contributed by atoms with E-state index in [0.29, 0.717) is 24.2 Å². The number of amides is 1. The van der Waals surface area contributed by atoms with Crippen LogP contribution < -0.4 is 11.1 Å². The standard InChI is InChI=1S/C18H20N2O3/c19-12-11-14-1-6-15(7-2-14)18(23)20-16-8-3-13(4-9-16)5-10-17(21)22/h1-4,6-9H,5,10-12,19H2,(H,20,23)(H,21,22). The number of carboxylic acid groups (broad SMARTS) is 1. The van der Waals surface area contributed by atoms with Crippen molar-refractivity contribution in [1.29, 1.82) is 0 Å². The van der Waals surface area contributed by atoms with Crippen LogP contribution in [0.25, 0.3) is 0 Å². The summed E-state index contributed by atoms with van der Waals surface area (Å²) in [5, 5.41) is 11.5. The Labute approximate surface area is 135 Å². The molecule has 0 aromatic heterocycles. The number of benzene rings is 2. The lowest BCUT2D eigenvalue weighted by Gasteiger charge is -2.07. The zero-order valence-electron chi connectivity index (χ0n) is 12.8. The van der Waals surface area contributed by atoms with E-state index in [2.05, 4.69) is 5.32 Å². The largest absolute Gasteiger partial charge is 0.481 e. The molecule has 0 atom stereocenters. The fourth-order valence-electron chi connectivity index (χ4n) is 2.20. The van der Waals surface area contributed by atoms with E-state index in [-0.39, 0.29) is 12.3 Å². The lowest BCUT2D eigenvalue weighted by molar-refractivity contribution is -0.136. The van der Waals surface area contributed by atoms with Gasteiger partial charge in [-0.15, -0.1) is 0 Å². The molecule has 2 rings (SSSR count). The van der Waals surface area contributed by atoms with Crippen molar-refractivity contribution in [3.63, 3.8) is 0 Å². The number of anilines is 1. The van der Waals surface area contributed by atoms with Crippen molar-refractivity contribution in [2.75, 3.05) is 11.9 Å². The number of carboxylic acids is 1. The molecule has 0 aliphatic heterocycles. The Balaban J connectivity index is 1.95. The molecule has 120 valence electrons. The third-order valence-electron chi connectivity index (χ3n) is 3.49. The van der Waals surface area contributed by atoms with Crippen LogP contribution in [0.3, 0.4) is 0 Å². The van der Waals surface area contributed by atoms with E-state index in [1.165, 1.54) is 0 Å². The summed E-state index contributed by atoms with van der Waals surface area (Å²) < 4.78 is 0. The Morgan fingerprint density at radius 1 is 0.913 bits per heavy atom. The van der Waals surface area contributed by atoms with Crippen molar-refractivity contribution in [2.45, 2.75) is 19.3 Å². The topological polar surface area (TPSA) is 92.4 Å². The van der Waals surface area contributed by atoms with E-state index < -0.39 is 5.97 Å². The molecule has 0 saturated heterocycles. The van der Waals surface area contributed by atoms with E-state index in [1.807, 2.05) is 24.3 Å². The lowest BCUT2D eigenvalue weighted by Crippen LogP contribution is -2.12. The average Bonchev–Trinajstić information content (AvgIpc) is 2.55. The summed E-state index contributed by atoms with van der Waals surface area (Å²) in [6.45, 7) is 0.583. The van der Waals surface area contributed by atoms with Gasteiger partial charge in [-0.1, -0.05) is 24.3 Å². The van der Waals surface area contributed by atoms with Gasteiger partial charge in [0.25, 0.3) is 5.91 Å². The fraction of sp³-hybridized carbons (Fsp3) is 0.222. The molecule has 2 aromatic carbocycles. The van der Waals surface area contributed by atoms with Gasteiger partial charge in [0, 0.05) is 17.7 Å². The van der Waals surface area contributed by atoms with Gasteiger partial charge in [-0.3, -0.25) is 9.59 Å². The predicted octanol–water partition coefficient (Wildman–Crippen LogP) is 2.46. The number of hydrogen-bond donors (Lipinski definition) is 3. The van der Waals surface area contributed by atoms with Gasteiger partial charge in [-0.2, -0.15) is 0 Å². The maximum Gasteiger partial charge on any atom is 0.303 e. The highest BCUT2D eigenvalue weighted by atomic mass is 16.4. The summed E-state index contributed by atoms with van der Waals surface area (Å²) in [7, 11) is 0. The highest BCUT2D eigenvalue weighted by Gasteiger charge is 2.06. The van der Waals surface area contributed by atoms with Crippen LogP contribution in [0.4, 0.5) is 5.69 Å². The predicted molar refractivity (Wildman–Crippen MR) is 89.6 cm³/mol. The maximum atomic E-state index is 12.2. The van der Waals surface area contributed by atoms with Crippen LogP contribution in [-0.4, -0.2) is 23.5 Å². The van der Waals surface area contributed by atoms with Crippen LogP contribution in [0, 0.1) is 0 Å². The minimum absolute atomic E-state index is 0.0981. The zero-order valence-corrected chi connectivity index (χ0v) is 12.8. The summed E-state index contributed by atoms with van der Waals surface area (Å²) >= 11 is 0. The summed E-state index contributed by atoms with van der Waals surface area (Å²) in [5.74, 6) is -0.997. The summed E-state index contributed by atoms with van der Waals surface area (Å²) in [5.41, 5.74) is 8.79. The molecule has 5 heteroatoms. The maximum absolute atomic E-state index is 12.2. The molecule has 0 heterocycles. The zero-order chi connectivity index (χ0) is 16.7. The fourth-order valence-corrected chi connectivity index (χ4v) is 2.20. The third-order valence-corrected chi connectivity index (χ3v) is 3.49. The number of rotatable bonds is 7. The second-order valence-corrected chi connectivity index (χ2v) is 5.28. The molecule has 0 aliphatic rings. The number of aryl methyl sites for hydroxylation is 1. The molecular weight excluding hydrogens is 292 g/mol. The number of carbonyl (C=O) groups excluding carboxylic acids is 1. The van der Waals surface area contributed by atoms with Crippen molar-refractivity contribution < 1.29 is 14.7 Å². The molecule has 5 nitrogen and oxygen atoms in total. The van der Waals surface area contributed by atoms with Gasteiger partial charge in [0.1, 0.15) is 0 Å². The van der Waals surface area contributed by atoms with Crippen molar-refractivity contribution in [3.05, 3.63) is 65.2 Å². The first-order valence-corrected chi connectivity index (χ1v) is 7.49. The molecular formula is C18H20N2O3. The lowest BCUT2D eigenvalue weighted by atomic mass is 10.1. The Morgan fingerprint density at radius 2 is 1.48 bits per heavy atom. The molecule has 0 unspecified atom stereocenters. The Hall–Kier alpha value is -2.66. The van der Waals surface area contributed by atoms with E-state index in [4.69, 9.17) is 10.8 Å². The first kappa shape index (κ1) is 16.7. The molecule has 0 radical (unpaired) electrons. The summed E-state index contributed by atoms with van der Waals surface area (Å²) in [4.78, 5) is 22.7. The molecule has 1 amide bonds. The molecule has 0 aliphatic carbocycles. The summed E-state index contributed by atoms with van der Waals surface area (Å²) in [6, 6.07) is 14.6. The molecule has 2 aromatic rings. The second kappa shape index (κ2) is 8.10. The first-order valence-electron chi connectivity index (χ1n) is 7.49. The quantitative estimate of drug-likeness (QED) is 0.732. The van der Waals surface area contributed by atoms with Crippen LogP contribution >= 0.6 is 0 Å². The Morgan fingerprint density at radius 3 is 2.04 bits per heavy atom. The number of aliphatic carboxylic acids is 1. The first-order chi connectivity index (χ1) is 11.1. The molecule has 0 saturated carbocycles. The minimum atomic E-state index is -0.819. The SMILES string of the molecule is NCCc1ccc(C(=O)Nc2ccc(CCC(=O)O)cc2)cc1. The van der Waals surface area contributed by atoms with E-state index in [9.17, 15) is 9.59 Å². The normalized spacial score (nSPS) is 10.3. The average molecular weight is 312 g/mol. The van der Waals surface area contributed by atoms with E-state index in [0.717, 1.165) is 17.5 Å². The second-order valence-electron chi connectivity index (χ2n) is 5.28. The van der Waals surface area contributed by atoms with Gasteiger partial charge >= 0.3 is 5.97 Å². The van der Waals surface area contributed by atoms with Crippen LogP contribution in [-0.2, 0) is 17.6 Å². The van der Waals surface area contributed by atoms with Gasteiger partial charge in [0.15, 0.2) is 0 Å². The van der Waals surface area contributed by atoms with Gasteiger partial charge in [-0.05, 0) is 54.8 Å². The van der Waals surface area contributed by atoms with Crippen LogP contribution in [0.2, 0.25) is 0 Å². The number of nitrogens with two attached hydrogens (primary N) is 1. The molecule has 4 N–H and O–H groups in total. The third kappa shape index (κ3) is 5.23. The van der Waals surface area contributed by atoms with Crippen LogP contribution in [0.15, 0.2) is 48.5 Å². The molecule has 0 bridgehead atoms. The van der Waals surface area contributed by atoms with Crippen LogP contribution in [0.1, 0.15) is 27.9 Å². The van der Waals surface area contributed by atoms with Gasteiger partial charge in [0.2, 0.25) is 0 Å². The number of hydrogen-bond acceptors (Lipinski definition) is 3. The highest BCUT2D eigenvalue weighted by molar-refractivity contribution is 6.04. The van der Waals surface area contributed by atoms with Crippen molar-refractivity contribution in [3.8, 4) is 0 Å². The number of carbonyl (C=O) groups is 2. The number of nitrogens with one attached hydrogen (secondary N) is 1. The van der Waals surface area contributed by atoms with E-state index in [1.54, 1.807) is 24.3 Å². The van der Waals surface area contributed by atoms with E-state index >= 15 is 0 Å². The monoisotopic (exact) mass is 312 g/mol. The van der Waals surface area contributed by atoms with Gasteiger partial charge < -0.3 is 16.2 Å². The minimum Gasteiger partial charge on any atom is -0.481 e. The molecule has 0 fully saturated rings. The van der Waals surface area contributed by atoms with Gasteiger partial charge in [0.05, 0.1) is 0 Å². The smallest absolute Gasteiger partial charge is 0.303 e. The van der Waals surface area contributed by atoms with Crippen molar-refractivity contribution >= 4 is 17.6 Å². The van der Waals surface area contributed by atoms with Crippen molar-refractivity contribution in [1.82, 2.24) is 0 Å². The summed E-state index contributed by atoms with van der Waals surface area (Å²) in [6.07, 6.45) is 1.37. The Bertz CT molecular complexity index is 664. The molecule has 0 spiro atoms. The Kier molecular flexibility index (Phi) is 5.88. The van der Waals surface area contributed by atoms with Crippen LogP contribution in [0.5, 0.6) is 0 Å². The molecule has 23 heavy (non-hydrogen) atoms.